The highest BCUT2D eigenvalue weighted by Gasteiger charge is 2.10. The first-order chi connectivity index (χ1) is 9.22. The Morgan fingerprint density at radius 1 is 1.32 bits per heavy atom. The molecule has 2 aromatic heterocycles. The Labute approximate surface area is 113 Å². The maximum Gasteiger partial charge on any atom is 0.358 e. The lowest BCUT2D eigenvalue weighted by Gasteiger charge is -2.04. The highest BCUT2D eigenvalue weighted by Crippen LogP contribution is 2.06. The summed E-state index contributed by atoms with van der Waals surface area (Å²) in [5, 5.41) is 0. The fourth-order valence-corrected chi connectivity index (χ4v) is 1.50. The van der Waals surface area contributed by atoms with Crippen LogP contribution in [0.1, 0.15) is 49.8 Å². The van der Waals surface area contributed by atoms with Crippen molar-refractivity contribution in [3.05, 3.63) is 30.0 Å². The van der Waals surface area contributed by atoms with Gasteiger partial charge in [0.2, 0.25) is 0 Å². The summed E-state index contributed by atoms with van der Waals surface area (Å²) in [7, 11) is 0. The number of carbonyl (C=O) groups excluding carboxylic acids is 1. The number of imidazole rings is 1. The highest BCUT2D eigenvalue weighted by molar-refractivity contribution is 5.87. The normalized spacial score (nSPS) is 9.89. The molecule has 19 heavy (non-hydrogen) atoms. The monoisotopic (exact) mass is 263 g/mol. The molecular formula is C14H21N3O2. The van der Waals surface area contributed by atoms with Crippen molar-refractivity contribution in [3.8, 4) is 0 Å². The van der Waals surface area contributed by atoms with E-state index in [9.17, 15) is 4.79 Å². The molecule has 0 radical (unpaired) electrons. The number of fused-ring (bicyclic) bond motifs is 1. The van der Waals surface area contributed by atoms with Gasteiger partial charge in [-0.2, -0.15) is 0 Å². The fourth-order valence-electron chi connectivity index (χ4n) is 1.50. The largest absolute Gasteiger partial charge is 0.461 e. The zero-order valence-corrected chi connectivity index (χ0v) is 12.0. The van der Waals surface area contributed by atoms with Gasteiger partial charge in [-0.3, -0.25) is 0 Å². The van der Waals surface area contributed by atoms with Gasteiger partial charge in [-0.25, -0.2) is 14.8 Å². The van der Waals surface area contributed by atoms with Crippen molar-refractivity contribution < 1.29 is 9.53 Å². The molecule has 0 bridgehead atoms. The van der Waals surface area contributed by atoms with Gasteiger partial charge in [-0.1, -0.05) is 27.2 Å². The number of carbonyl (C=O) groups is 1. The molecule has 0 aliphatic carbocycles. The Balaban J connectivity index is 0.000000861. The first kappa shape index (κ1) is 15.1. The van der Waals surface area contributed by atoms with Crippen LogP contribution in [-0.4, -0.2) is 26.9 Å². The van der Waals surface area contributed by atoms with Gasteiger partial charge >= 0.3 is 5.97 Å². The summed E-state index contributed by atoms with van der Waals surface area (Å²) in [6.45, 7) is 8.41. The molecule has 0 fully saturated rings. The van der Waals surface area contributed by atoms with Gasteiger partial charge in [-0.05, 0) is 13.3 Å². The van der Waals surface area contributed by atoms with Gasteiger partial charge in [0.25, 0.3) is 0 Å². The number of rotatable bonds is 4. The van der Waals surface area contributed by atoms with Crippen LogP contribution < -0.4 is 0 Å². The molecule has 104 valence electrons. The third-order valence-corrected chi connectivity index (χ3v) is 2.52. The molecule has 0 aliphatic heterocycles. The number of aryl methyl sites for hydroxylation is 1. The third-order valence-electron chi connectivity index (χ3n) is 2.52. The van der Waals surface area contributed by atoms with E-state index < -0.39 is 0 Å². The summed E-state index contributed by atoms with van der Waals surface area (Å²) in [6.07, 6.45) is 6.84. The lowest BCUT2D eigenvalue weighted by atomic mass is 10.3. The van der Waals surface area contributed by atoms with Crippen molar-refractivity contribution in [2.75, 3.05) is 6.61 Å². The summed E-state index contributed by atoms with van der Waals surface area (Å²) in [6, 6.07) is 0. The van der Waals surface area contributed by atoms with Gasteiger partial charge in [0.05, 0.1) is 12.8 Å². The van der Waals surface area contributed by atoms with E-state index in [0.29, 0.717) is 12.3 Å². The third kappa shape index (κ3) is 3.77. The van der Waals surface area contributed by atoms with Crippen LogP contribution in [0.25, 0.3) is 5.65 Å². The number of esters is 1. The maximum atomic E-state index is 11.7. The zero-order valence-electron chi connectivity index (χ0n) is 12.0. The van der Waals surface area contributed by atoms with E-state index in [1.807, 2.05) is 32.1 Å². The summed E-state index contributed by atoms with van der Waals surface area (Å²) in [5.41, 5.74) is 2.01. The lowest BCUT2D eigenvalue weighted by molar-refractivity contribution is 0.0492. The van der Waals surface area contributed by atoms with Crippen LogP contribution in [0, 0.1) is 6.92 Å². The molecule has 0 saturated carbocycles. The maximum absolute atomic E-state index is 11.7. The van der Waals surface area contributed by atoms with E-state index in [0.717, 1.165) is 24.2 Å². The molecule has 0 spiro atoms. The molecule has 0 N–H and O–H groups in total. The van der Waals surface area contributed by atoms with Crippen molar-refractivity contribution in [2.45, 2.75) is 40.5 Å². The predicted octanol–water partition coefficient (Wildman–Crippen LogP) is 3.02. The Morgan fingerprint density at radius 3 is 2.74 bits per heavy atom. The number of aromatic nitrogens is 3. The first-order valence-corrected chi connectivity index (χ1v) is 6.69. The second-order valence-corrected chi connectivity index (χ2v) is 3.89. The second-order valence-electron chi connectivity index (χ2n) is 3.89. The van der Waals surface area contributed by atoms with Crippen LogP contribution in [0.3, 0.4) is 0 Å². The molecule has 0 aromatic carbocycles. The number of hydrogen-bond donors (Lipinski definition) is 0. The smallest absolute Gasteiger partial charge is 0.358 e. The molecule has 0 unspecified atom stereocenters. The Hall–Kier alpha value is -1.91. The van der Waals surface area contributed by atoms with Gasteiger partial charge in [0.15, 0.2) is 11.3 Å². The molecule has 2 aromatic rings. The Kier molecular flexibility index (Phi) is 5.99. The molecular weight excluding hydrogens is 242 g/mol. The quantitative estimate of drug-likeness (QED) is 0.628. The zero-order chi connectivity index (χ0) is 14.3. The summed E-state index contributed by atoms with van der Waals surface area (Å²) in [4.78, 5) is 19.9. The SMILES string of the molecule is CC.CCCCOC(=O)c1cn2c(C)cnc2cn1. The molecule has 0 atom stereocenters. The predicted molar refractivity (Wildman–Crippen MR) is 74.3 cm³/mol. The first-order valence-electron chi connectivity index (χ1n) is 6.69. The van der Waals surface area contributed by atoms with Crippen LogP contribution in [0.2, 0.25) is 0 Å². The van der Waals surface area contributed by atoms with Crippen LogP contribution in [0.5, 0.6) is 0 Å². The van der Waals surface area contributed by atoms with Crippen LogP contribution >= 0.6 is 0 Å². The van der Waals surface area contributed by atoms with Crippen LogP contribution in [-0.2, 0) is 4.74 Å². The molecule has 5 nitrogen and oxygen atoms in total. The van der Waals surface area contributed by atoms with Gasteiger partial charge in [0, 0.05) is 18.1 Å². The molecule has 0 saturated heterocycles. The highest BCUT2D eigenvalue weighted by atomic mass is 16.5. The van der Waals surface area contributed by atoms with E-state index in [1.165, 1.54) is 0 Å². The number of hydrogen-bond acceptors (Lipinski definition) is 4. The minimum absolute atomic E-state index is 0.315. The lowest BCUT2D eigenvalue weighted by Crippen LogP contribution is -2.09. The number of ether oxygens (including phenoxy) is 1. The van der Waals surface area contributed by atoms with Crippen molar-refractivity contribution in [2.24, 2.45) is 0 Å². The molecule has 2 rings (SSSR count). The van der Waals surface area contributed by atoms with E-state index in [1.54, 1.807) is 18.6 Å². The van der Waals surface area contributed by atoms with Gasteiger partial charge in [-0.15, -0.1) is 0 Å². The molecule has 2 heterocycles. The molecule has 0 amide bonds. The van der Waals surface area contributed by atoms with E-state index in [2.05, 4.69) is 9.97 Å². The van der Waals surface area contributed by atoms with E-state index in [4.69, 9.17) is 4.74 Å². The van der Waals surface area contributed by atoms with Crippen molar-refractivity contribution in [3.63, 3.8) is 0 Å². The minimum atomic E-state index is -0.381. The van der Waals surface area contributed by atoms with E-state index >= 15 is 0 Å². The minimum Gasteiger partial charge on any atom is -0.461 e. The van der Waals surface area contributed by atoms with E-state index in [-0.39, 0.29) is 5.97 Å². The second kappa shape index (κ2) is 7.51. The van der Waals surface area contributed by atoms with Crippen LogP contribution in [0.4, 0.5) is 0 Å². The van der Waals surface area contributed by atoms with Gasteiger partial charge in [0.1, 0.15) is 0 Å². The summed E-state index contributed by atoms with van der Waals surface area (Å²) in [5.74, 6) is -0.381. The molecule has 0 aliphatic rings. The fraction of sp³-hybridized carbons (Fsp3) is 0.500. The average molecular weight is 263 g/mol. The summed E-state index contributed by atoms with van der Waals surface area (Å²) >= 11 is 0. The standard InChI is InChI=1S/C12H15N3O2.C2H6/c1-3-4-5-17-12(16)10-8-15-9(2)6-14-11(15)7-13-10;1-2/h6-8H,3-5H2,1-2H3;1-2H3. The average Bonchev–Trinajstić information content (AvgIpc) is 2.82. The van der Waals surface area contributed by atoms with Crippen molar-refractivity contribution >= 4 is 11.6 Å². The molecule has 5 heteroatoms. The van der Waals surface area contributed by atoms with Crippen molar-refractivity contribution in [1.82, 2.24) is 14.4 Å². The van der Waals surface area contributed by atoms with Crippen LogP contribution in [0.15, 0.2) is 18.6 Å². The topological polar surface area (TPSA) is 56.5 Å². The number of unbranched alkanes of at least 4 members (excludes halogenated alkanes) is 1. The number of nitrogens with zero attached hydrogens (tertiary/aromatic N) is 3. The van der Waals surface area contributed by atoms with Crippen molar-refractivity contribution in [1.29, 1.82) is 0 Å². The van der Waals surface area contributed by atoms with Gasteiger partial charge < -0.3 is 9.14 Å². The summed E-state index contributed by atoms with van der Waals surface area (Å²) < 4.78 is 6.92. The Bertz CT molecular complexity index is 534. The Morgan fingerprint density at radius 2 is 2.05 bits per heavy atom.